The Balaban J connectivity index is 1.19. The van der Waals surface area contributed by atoms with Gasteiger partial charge >= 0.3 is 0 Å². The zero-order valence-corrected chi connectivity index (χ0v) is 19.1. The Morgan fingerprint density at radius 3 is 2.67 bits per heavy atom. The van der Waals surface area contributed by atoms with E-state index in [0.29, 0.717) is 30.4 Å². The highest BCUT2D eigenvalue weighted by molar-refractivity contribution is 6.29. The van der Waals surface area contributed by atoms with Gasteiger partial charge in [-0.25, -0.2) is 4.98 Å². The van der Waals surface area contributed by atoms with Gasteiger partial charge in [-0.05, 0) is 49.2 Å². The quantitative estimate of drug-likeness (QED) is 0.350. The van der Waals surface area contributed by atoms with Crippen molar-refractivity contribution in [2.24, 2.45) is 0 Å². The Hall–Kier alpha value is -2.94. The third-order valence-corrected chi connectivity index (χ3v) is 5.79. The first-order valence-corrected chi connectivity index (χ1v) is 11.5. The number of aromatic nitrogens is 3. The van der Waals surface area contributed by atoms with Gasteiger partial charge in [0.15, 0.2) is 0 Å². The molecular weight excluding hydrogens is 442 g/mol. The van der Waals surface area contributed by atoms with Crippen LogP contribution in [0.2, 0.25) is 5.15 Å². The first kappa shape index (κ1) is 23.2. The lowest BCUT2D eigenvalue weighted by molar-refractivity contribution is -0.130. The van der Waals surface area contributed by atoms with Crippen molar-refractivity contribution < 1.29 is 14.6 Å². The molecule has 3 aromatic rings. The summed E-state index contributed by atoms with van der Waals surface area (Å²) < 4.78 is 7.46. The van der Waals surface area contributed by atoms with E-state index in [-0.39, 0.29) is 12.5 Å². The minimum absolute atomic E-state index is 0.122. The topological polar surface area (TPSA) is 92.5 Å². The second kappa shape index (κ2) is 11.3. The number of rotatable bonds is 10. The van der Waals surface area contributed by atoms with Gasteiger partial charge in [-0.15, -0.1) is 0 Å². The van der Waals surface area contributed by atoms with Crippen molar-refractivity contribution in [2.75, 3.05) is 32.8 Å². The Morgan fingerprint density at radius 1 is 1.15 bits per heavy atom. The zero-order valence-electron chi connectivity index (χ0n) is 18.4. The number of pyridine rings is 1. The first-order valence-electron chi connectivity index (χ1n) is 11.1. The van der Waals surface area contributed by atoms with E-state index < -0.39 is 6.10 Å². The average molecular weight is 470 g/mol. The number of carbonyl (C=O) groups is 1. The van der Waals surface area contributed by atoms with Gasteiger partial charge in [-0.2, -0.15) is 5.10 Å². The van der Waals surface area contributed by atoms with Crippen LogP contribution in [-0.2, 0) is 11.3 Å². The van der Waals surface area contributed by atoms with Gasteiger partial charge in [-0.3, -0.25) is 9.48 Å². The molecule has 0 saturated carbocycles. The van der Waals surface area contributed by atoms with Crippen LogP contribution in [0.3, 0.4) is 0 Å². The molecule has 0 radical (unpaired) electrons. The number of aliphatic hydroxyl groups is 1. The van der Waals surface area contributed by atoms with Crippen LogP contribution in [0.15, 0.2) is 54.9 Å². The fourth-order valence-electron chi connectivity index (χ4n) is 3.71. The van der Waals surface area contributed by atoms with Gasteiger partial charge < -0.3 is 20.1 Å². The number of nitrogens with one attached hydrogen (secondary N) is 1. The second-order valence-corrected chi connectivity index (χ2v) is 8.38. The fourth-order valence-corrected chi connectivity index (χ4v) is 3.82. The SMILES string of the molecule is O=C(Cn1ccc(-c2ccc(OCCNC[C@H](O)c3ccc(Cl)nc3)cc2)n1)N1CCCC1. The lowest BCUT2D eigenvalue weighted by Gasteiger charge is -2.14. The fraction of sp³-hybridized carbons (Fsp3) is 0.375. The maximum atomic E-state index is 12.3. The standard InChI is InChI=1S/C24H28ClN5O3/c25-23-8-5-19(15-27-23)22(31)16-26-10-14-33-20-6-3-18(4-7-20)21-9-13-30(28-21)17-24(32)29-11-1-2-12-29/h3-9,13,15,22,26,31H,1-2,10-12,14,16-17H2/t22-/m0/s1. The normalized spacial score (nSPS) is 14.4. The number of benzene rings is 1. The number of nitrogens with zero attached hydrogens (tertiary/aromatic N) is 4. The average Bonchev–Trinajstić information content (AvgIpc) is 3.52. The van der Waals surface area contributed by atoms with E-state index in [1.807, 2.05) is 41.4 Å². The van der Waals surface area contributed by atoms with Gasteiger partial charge in [0.2, 0.25) is 5.91 Å². The van der Waals surface area contributed by atoms with Crippen LogP contribution in [0.25, 0.3) is 11.3 Å². The van der Waals surface area contributed by atoms with Crippen LogP contribution in [0.1, 0.15) is 24.5 Å². The zero-order chi connectivity index (χ0) is 23.0. The number of amides is 1. The molecule has 2 aromatic heterocycles. The Morgan fingerprint density at radius 2 is 1.94 bits per heavy atom. The molecule has 1 amide bonds. The third kappa shape index (κ3) is 6.54. The Kier molecular flexibility index (Phi) is 7.93. The summed E-state index contributed by atoms with van der Waals surface area (Å²) >= 11 is 5.76. The summed E-state index contributed by atoms with van der Waals surface area (Å²) in [6.07, 6.45) is 4.93. The number of aliphatic hydroxyl groups excluding tert-OH is 1. The highest BCUT2D eigenvalue weighted by Crippen LogP contribution is 2.21. The number of hydrogen-bond acceptors (Lipinski definition) is 6. The van der Waals surface area contributed by atoms with Crippen molar-refractivity contribution in [3.8, 4) is 17.0 Å². The molecule has 3 heterocycles. The molecule has 0 bridgehead atoms. The number of carbonyl (C=O) groups excluding carboxylic acids is 1. The van der Waals surface area contributed by atoms with Crippen molar-refractivity contribution in [3.05, 3.63) is 65.6 Å². The molecule has 33 heavy (non-hydrogen) atoms. The van der Waals surface area contributed by atoms with E-state index in [1.54, 1.807) is 23.0 Å². The van der Waals surface area contributed by atoms with Gasteiger partial charge in [-0.1, -0.05) is 17.7 Å². The number of halogens is 1. The van der Waals surface area contributed by atoms with E-state index in [1.165, 1.54) is 0 Å². The highest BCUT2D eigenvalue weighted by Gasteiger charge is 2.18. The van der Waals surface area contributed by atoms with Crippen LogP contribution in [0.4, 0.5) is 0 Å². The second-order valence-electron chi connectivity index (χ2n) is 7.99. The molecule has 0 spiro atoms. The maximum Gasteiger partial charge on any atom is 0.244 e. The van der Waals surface area contributed by atoms with Crippen molar-refractivity contribution in [1.29, 1.82) is 0 Å². The van der Waals surface area contributed by atoms with E-state index in [2.05, 4.69) is 15.4 Å². The summed E-state index contributed by atoms with van der Waals surface area (Å²) in [6, 6.07) is 13.0. The van der Waals surface area contributed by atoms with Crippen molar-refractivity contribution in [1.82, 2.24) is 25.0 Å². The molecule has 1 fully saturated rings. The summed E-state index contributed by atoms with van der Waals surface area (Å²) in [7, 11) is 0. The van der Waals surface area contributed by atoms with Crippen molar-refractivity contribution in [3.63, 3.8) is 0 Å². The van der Waals surface area contributed by atoms with Gasteiger partial charge in [0.1, 0.15) is 24.1 Å². The van der Waals surface area contributed by atoms with Crippen LogP contribution in [0, 0.1) is 0 Å². The van der Waals surface area contributed by atoms with E-state index in [0.717, 1.165) is 42.9 Å². The smallest absolute Gasteiger partial charge is 0.244 e. The van der Waals surface area contributed by atoms with Crippen LogP contribution >= 0.6 is 11.6 Å². The lowest BCUT2D eigenvalue weighted by atomic mass is 10.1. The number of likely N-dealkylation sites (tertiary alicyclic amines) is 1. The van der Waals surface area contributed by atoms with E-state index in [4.69, 9.17) is 16.3 Å². The minimum Gasteiger partial charge on any atom is -0.492 e. The molecule has 174 valence electrons. The Bertz CT molecular complexity index is 1030. The lowest BCUT2D eigenvalue weighted by Crippen LogP contribution is -2.31. The molecule has 0 unspecified atom stereocenters. The van der Waals surface area contributed by atoms with Crippen LogP contribution in [0.5, 0.6) is 5.75 Å². The molecular formula is C24H28ClN5O3. The summed E-state index contributed by atoms with van der Waals surface area (Å²) in [5, 5.41) is 18.3. The molecule has 2 N–H and O–H groups in total. The highest BCUT2D eigenvalue weighted by atomic mass is 35.5. The largest absolute Gasteiger partial charge is 0.492 e. The molecule has 1 atom stereocenters. The van der Waals surface area contributed by atoms with Crippen LogP contribution in [-0.4, -0.2) is 63.5 Å². The molecule has 1 aliphatic rings. The first-order chi connectivity index (χ1) is 16.1. The van der Waals surface area contributed by atoms with Gasteiger partial charge in [0.05, 0.1) is 11.8 Å². The predicted octanol–water partition coefficient (Wildman–Crippen LogP) is 2.92. The summed E-state index contributed by atoms with van der Waals surface area (Å²) in [5.41, 5.74) is 2.50. The Labute approximate surface area is 198 Å². The van der Waals surface area contributed by atoms with Crippen LogP contribution < -0.4 is 10.1 Å². The summed E-state index contributed by atoms with van der Waals surface area (Å²) in [4.78, 5) is 18.2. The third-order valence-electron chi connectivity index (χ3n) is 5.57. The number of ether oxygens (including phenoxy) is 1. The summed E-state index contributed by atoms with van der Waals surface area (Å²) in [6.45, 7) is 3.44. The monoisotopic (exact) mass is 469 g/mol. The molecule has 1 aliphatic heterocycles. The van der Waals surface area contributed by atoms with E-state index in [9.17, 15) is 9.90 Å². The minimum atomic E-state index is -0.653. The van der Waals surface area contributed by atoms with Crippen molar-refractivity contribution >= 4 is 17.5 Å². The molecule has 4 rings (SSSR count). The molecule has 8 nitrogen and oxygen atoms in total. The molecule has 1 aromatic carbocycles. The van der Waals surface area contributed by atoms with E-state index >= 15 is 0 Å². The maximum absolute atomic E-state index is 12.3. The molecule has 0 aliphatic carbocycles. The molecule has 1 saturated heterocycles. The predicted molar refractivity (Wildman–Crippen MR) is 126 cm³/mol. The number of hydrogen-bond donors (Lipinski definition) is 2. The molecule has 9 heteroatoms. The summed E-state index contributed by atoms with van der Waals surface area (Å²) in [5.74, 6) is 0.878. The van der Waals surface area contributed by atoms with Crippen molar-refractivity contribution in [2.45, 2.75) is 25.5 Å². The van der Waals surface area contributed by atoms with Gasteiger partial charge in [0, 0.05) is 49.7 Å². The van der Waals surface area contributed by atoms with Gasteiger partial charge in [0.25, 0.3) is 0 Å².